The van der Waals surface area contributed by atoms with Crippen LogP contribution in [0.25, 0.3) is 0 Å². The largest absolute Gasteiger partial charge is 0.442 e. The van der Waals surface area contributed by atoms with Crippen LogP contribution in [0, 0.1) is 0 Å². The number of amides is 5. The summed E-state index contributed by atoms with van der Waals surface area (Å²) in [7, 11) is 1.50. The van der Waals surface area contributed by atoms with E-state index in [1.807, 2.05) is 0 Å². The molecule has 0 radical (unpaired) electrons. The average molecular weight is 413 g/mol. The quantitative estimate of drug-likeness (QED) is 0.535. The molecule has 158 valence electrons. The Morgan fingerprint density at radius 2 is 1.50 bits per heavy atom. The lowest BCUT2D eigenvalue weighted by Gasteiger charge is -2.40. The van der Waals surface area contributed by atoms with Gasteiger partial charge in [0.2, 0.25) is 11.8 Å². The lowest BCUT2D eigenvalue weighted by Crippen LogP contribution is -2.73. The van der Waals surface area contributed by atoms with Gasteiger partial charge in [0, 0.05) is 19.7 Å². The van der Waals surface area contributed by atoms with Crippen molar-refractivity contribution in [3.8, 4) is 5.75 Å². The fraction of sp³-hybridized carbons (Fsp3) is 0.200. The van der Waals surface area contributed by atoms with Crippen molar-refractivity contribution in [2.45, 2.75) is 12.8 Å². The van der Waals surface area contributed by atoms with Gasteiger partial charge in [0.15, 0.2) is 0 Å². The number of nitrogens with one attached hydrogen (secondary N) is 1. The molecule has 1 unspecified atom stereocenters. The van der Waals surface area contributed by atoms with Crippen molar-refractivity contribution < 1.29 is 23.9 Å². The second-order valence-corrected chi connectivity index (χ2v) is 6.31. The summed E-state index contributed by atoms with van der Waals surface area (Å²) in [4.78, 5) is 51.4. The summed E-state index contributed by atoms with van der Waals surface area (Å²) in [6, 6.07) is 15.3. The Labute approximate surface area is 173 Å². The van der Waals surface area contributed by atoms with E-state index in [0.29, 0.717) is 5.69 Å². The summed E-state index contributed by atoms with van der Waals surface area (Å²) >= 11 is 0. The van der Waals surface area contributed by atoms with Gasteiger partial charge in [0.1, 0.15) is 12.3 Å². The highest BCUT2D eigenvalue weighted by molar-refractivity contribution is 5.98. The Balaban J connectivity index is 2.45. The lowest BCUT2D eigenvalue weighted by molar-refractivity contribution is -0.171. The monoisotopic (exact) mass is 413 g/mol. The molecule has 1 atom stereocenters. The van der Waals surface area contributed by atoms with E-state index in [1.54, 1.807) is 48.5 Å². The maximum atomic E-state index is 12.8. The van der Waals surface area contributed by atoms with Gasteiger partial charge in [-0.1, -0.05) is 36.4 Å². The third-order valence-electron chi connectivity index (χ3n) is 4.21. The summed E-state index contributed by atoms with van der Waals surface area (Å²) in [5, 5.41) is 2.08. The molecule has 2 aromatic carbocycles. The molecule has 0 aliphatic carbocycles. The van der Waals surface area contributed by atoms with E-state index >= 15 is 0 Å². The molecular formula is C20H23N5O5. The van der Waals surface area contributed by atoms with Crippen LogP contribution in [-0.2, 0) is 14.4 Å². The molecule has 0 fully saturated rings. The van der Waals surface area contributed by atoms with Crippen molar-refractivity contribution >= 4 is 29.4 Å². The molecule has 0 aliphatic heterocycles. The topological polar surface area (TPSA) is 148 Å². The number of anilines is 1. The number of nitrogens with zero attached hydrogens (tertiary/aromatic N) is 2. The number of carbonyl (C=O) groups excluding carboxylic acids is 4. The van der Waals surface area contributed by atoms with Crippen molar-refractivity contribution in [1.82, 2.24) is 10.2 Å². The predicted octanol–water partition coefficient (Wildman–Crippen LogP) is 0.384. The van der Waals surface area contributed by atoms with E-state index in [9.17, 15) is 19.2 Å². The number of likely N-dealkylation sites (N-methyl/N-ethyl adjacent to an activating group) is 1. The predicted molar refractivity (Wildman–Crippen MR) is 109 cm³/mol. The lowest BCUT2D eigenvalue weighted by atomic mass is 10.2. The van der Waals surface area contributed by atoms with Gasteiger partial charge in [-0.05, 0) is 24.3 Å². The molecule has 2 rings (SSSR count). The number of ether oxygens (including phenoxy) is 1. The Hall–Kier alpha value is -4.08. The van der Waals surface area contributed by atoms with E-state index in [-0.39, 0.29) is 5.75 Å². The number of hydrogen-bond donors (Lipinski definition) is 3. The van der Waals surface area contributed by atoms with E-state index in [0.717, 1.165) is 11.8 Å². The van der Waals surface area contributed by atoms with Crippen LogP contribution in [0.15, 0.2) is 60.7 Å². The molecule has 10 nitrogen and oxygen atoms in total. The number of urea groups is 1. The van der Waals surface area contributed by atoms with Crippen LogP contribution < -0.4 is 26.4 Å². The minimum atomic E-state index is -2.52. The molecule has 0 saturated carbocycles. The average Bonchev–Trinajstić information content (AvgIpc) is 2.71. The first-order chi connectivity index (χ1) is 14.2. The number of rotatable bonds is 8. The number of hydrogen-bond acceptors (Lipinski definition) is 5. The van der Waals surface area contributed by atoms with Gasteiger partial charge >= 0.3 is 17.8 Å². The summed E-state index contributed by atoms with van der Waals surface area (Å²) in [6.07, 6.45) is 0. The molecule has 0 aromatic heterocycles. The molecule has 30 heavy (non-hydrogen) atoms. The standard InChI is InChI=1S/C20H23N5O5/c1-14(26)25(13-17(27)24(2)15-9-5-3-6-10-15)20(18(21)28,23-19(22)29)30-16-11-7-4-8-12-16/h3-12H,13H2,1-2H3,(H2,21,28)(H3,22,23,29). The molecule has 2 aromatic rings. The second-order valence-electron chi connectivity index (χ2n) is 6.31. The smallest absolute Gasteiger partial charge is 0.350 e. The van der Waals surface area contributed by atoms with Crippen LogP contribution in [0.4, 0.5) is 10.5 Å². The molecular weight excluding hydrogens is 390 g/mol. The number of carbonyl (C=O) groups is 4. The summed E-state index contributed by atoms with van der Waals surface area (Å²) in [5.74, 6) is -4.97. The van der Waals surface area contributed by atoms with Crippen molar-refractivity contribution in [3.05, 3.63) is 60.7 Å². The van der Waals surface area contributed by atoms with Crippen LogP contribution in [0.5, 0.6) is 5.75 Å². The van der Waals surface area contributed by atoms with Crippen LogP contribution in [0.3, 0.4) is 0 Å². The molecule has 0 saturated heterocycles. The zero-order chi connectivity index (χ0) is 22.3. The van der Waals surface area contributed by atoms with Crippen LogP contribution in [-0.4, -0.2) is 48.1 Å². The number of para-hydroxylation sites is 2. The maximum absolute atomic E-state index is 12.8. The first kappa shape index (κ1) is 22.2. The van der Waals surface area contributed by atoms with Gasteiger partial charge in [-0.2, -0.15) is 0 Å². The number of primary amides is 2. The van der Waals surface area contributed by atoms with Gasteiger partial charge in [-0.25, -0.2) is 4.79 Å². The maximum Gasteiger partial charge on any atom is 0.350 e. The Bertz CT molecular complexity index is 922. The minimum absolute atomic E-state index is 0.111. The molecule has 10 heteroatoms. The Morgan fingerprint density at radius 3 is 1.97 bits per heavy atom. The molecule has 5 amide bonds. The fourth-order valence-corrected chi connectivity index (χ4v) is 2.70. The molecule has 0 spiro atoms. The van der Waals surface area contributed by atoms with Crippen molar-refractivity contribution in [2.75, 3.05) is 18.5 Å². The van der Waals surface area contributed by atoms with Crippen molar-refractivity contribution in [1.29, 1.82) is 0 Å². The highest BCUT2D eigenvalue weighted by Crippen LogP contribution is 2.21. The summed E-state index contributed by atoms with van der Waals surface area (Å²) in [5.41, 5.74) is 11.3. The van der Waals surface area contributed by atoms with Gasteiger partial charge < -0.3 is 21.1 Å². The van der Waals surface area contributed by atoms with Gasteiger partial charge in [-0.3, -0.25) is 24.6 Å². The molecule has 0 aliphatic rings. The highest BCUT2D eigenvalue weighted by Gasteiger charge is 2.49. The van der Waals surface area contributed by atoms with Gasteiger partial charge in [0.25, 0.3) is 0 Å². The van der Waals surface area contributed by atoms with Gasteiger partial charge in [-0.15, -0.1) is 0 Å². The number of nitrogens with two attached hydrogens (primary N) is 2. The normalized spacial score (nSPS) is 12.2. The third kappa shape index (κ3) is 5.04. The Morgan fingerprint density at radius 1 is 0.967 bits per heavy atom. The highest BCUT2D eigenvalue weighted by atomic mass is 16.5. The van der Waals surface area contributed by atoms with Crippen LogP contribution in [0.2, 0.25) is 0 Å². The minimum Gasteiger partial charge on any atom is -0.442 e. The second kappa shape index (κ2) is 9.41. The van der Waals surface area contributed by atoms with Crippen molar-refractivity contribution in [3.63, 3.8) is 0 Å². The zero-order valence-electron chi connectivity index (χ0n) is 16.6. The van der Waals surface area contributed by atoms with E-state index in [1.165, 1.54) is 24.1 Å². The van der Waals surface area contributed by atoms with E-state index in [4.69, 9.17) is 16.2 Å². The van der Waals surface area contributed by atoms with E-state index < -0.39 is 36.1 Å². The molecule has 0 bridgehead atoms. The zero-order valence-corrected chi connectivity index (χ0v) is 16.6. The fourth-order valence-electron chi connectivity index (χ4n) is 2.70. The summed E-state index contributed by atoms with van der Waals surface area (Å²) in [6.45, 7) is 0.474. The number of benzene rings is 2. The summed E-state index contributed by atoms with van der Waals surface area (Å²) < 4.78 is 5.63. The third-order valence-corrected chi connectivity index (χ3v) is 4.21. The van der Waals surface area contributed by atoms with E-state index in [2.05, 4.69) is 5.32 Å². The van der Waals surface area contributed by atoms with Gasteiger partial charge in [0.05, 0.1) is 0 Å². The molecule has 0 heterocycles. The Kier molecular flexibility index (Phi) is 6.97. The first-order valence-electron chi connectivity index (χ1n) is 8.88. The van der Waals surface area contributed by atoms with Crippen molar-refractivity contribution in [2.24, 2.45) is 11.5 Å². The van der Waals surface area contributed by atoms with Crippen LogP contribution in [0.1, 0.15) is 6.92 Å². The SMILES string of the molecule is CC(=O)N(CC(=O)N(C)c1ccccc1)C(NC(N)=O)(Oc1ccccc1)C(N)=O. The first-order valence-corrected chi connectivity index (χ1v) is 8.88. The van der Waals surface area contributed by atoms with Crippen LogP contribution >= 0.6 is 0 Å². The molecule has 5 N–H and O–H groups in total.